The Bertz CT molecular complexity index is 906. The van der Waals surface area contributed by atoms with Gasteiger partial charge in [0.15, 0.2) is 0 Å². The molecule has 1 aromatic heterocycles. The number of aromatic nitrogens is 1. The van der Waals surface area contributed by atoms with E-state index in [9.17, 15) is 9.18 Å². The molecule has 1 fully saturated rings. The van der Waals surface area contributed by atoms with Crippen LogP contribution in [0.1, 0.15) is 16.5 Å². The van der Waals surface area contributed by atoms with Crippen LogP contribution in [0.4, 0.5) is 10.1 Å². The molecule has 2 aromatic carbocycles. The molecule has 2 heterocycles. The number of anilines is 1. The Kier molecular flexibility index (Phi) is 4.09. The first-order chi connectivity index (χ1) is 12.1. The minimum Gasteiger partial charge on any atom is -0.367 e. The molecule has 0 spiro atoms. The lowest BCUT2D eigenvalue weighted by Crippen LogP contribution is -2.28. The molecule has 1 N–H and O–H groups in total. The summed E-state index contributed by atoms with van der Waals surface area (Å²) in [6.45, 7) is 2.02. The number of carbonyl (C=O) groups is 1. The molecule has 5 heteroatoms. The van der Waals surface area contributed by atoms with Crippen LogP contribution in [0.5, 0.6) is 0 Å². The van der Waals surface area contributed by atoms with Crippen LogP contribution >= 0.6 is 11.8 Å². The van der Waals surface area contributed by atoms with Crippen LogP contribution in [0.25, 0.3) is 11.1 Å². The number of hydrogen-bond donors (Lipinski definition) is 1. The number of aryl methyl sites for hydroxylation is 1. The van der Waals surface area contributed by atoms with Crippen LogP contribution in [0.15, 0.2) is 60.9 Å². The molecule has 3 nitrogen and oxygen atoms in total. The first-order valence-corrected chi connectivity index (χ1v) is 9.11. The lowest BCUT2D eigenvalue weighted by molar-refractivity contribution is -0.115. The van der Waals surface area contributed by atoms with Gasteiger partial charge in [-0.25, -0.2) is 4.39 Å². The van der Waals surface area contributed by atoms with Gasteiger partial charge in [-0.15, -0.1) is 11.8 Å². The maximum atomic E-state index is 13.2. The van der Waals surface area contributed by atoms with Gasteiger partial charge in [-0.2, -0.15) is 0 Å². The second-order valence-electron chi connectivity index (χ2n) is 6.08. The summed E-state index contributed by atoms with van der Waals surface area (Å²) in [5.74, 6) is 0.245. The van der Waals surface area contributed by atoms with Gasteiger partial charge in [-0.1, -0.05) is 18.2 Å². The number of amides is 1. The monoisotopic (exact) mass is 352 g/mol. The van der Waals surface area contributed by atoms with Crippen molar-refractivity contribution in [3.63, 3.8) is 0 Å². The Morgan fingerprint density at radius 2 is 1.92 bits per heavy atom. The number of halogens is 1. The second-order valence-corrected chi connectivity index (χ2v) is 7.15. The molecule has 0 radical (unpaired) electrons. The Labute approximate surface area is 149 Å². The van der Waals surface area contributed by atoms with Crippen LogP contribution in [-0.2, 0) is 4.79 Å². The average molecular weight is 352 g/mol. The number of thioether (sulfide) groups is 1. The molecule has 1 saturated heterocycles. The molecule has 0 saturated carbocycles. The molecule has 1 atom stereocenters. The largest absolute Gasteiger partial charge is 0.367 e. The van der Waals surface area contributed by atoms with Crippen molar-refractivity contribution < 1.29 is 9.18 Å². The quantitative estimate of drug-likeness (QED) is 0.727. The summed E-state index contributed by atoms with van der Waals surface area (Å²) in [5.41, 5.74) is 5.11. The van der Waals surface area contributed by atoms with Gasteiger partial charge >= 0.3 is 0 Å². The molecule has 1 aliphatic rings. The Morgan fingerprint density at radius 3 is 2.60 bits per heavy atom. The van der Waals surface area contributed by atoms with Crippen LogP contribution in [-0.4, -0.2) is 16.6 Å². The number of nitrogens with one attached hydrogen (secondary N) is 1. The maximum Gasteiger partial charge on any atom is 0.238 e. The third kappa shape index (κ3) is 2.96. The summed E-state index contributed by atoms with van der Waals surface area (Å²) in [5, 5.41) is -0.120. The summed E-state index contributed by atoms with van der Waals surface area (Å²) in [6, 6.07) is 14.5. The van der Waals surface area contributed by atoms with E-state index in [-0.39, 0.29) is 17.1 Å². The van der Waals surface area contributed by atoms with Crippen molar-refractivity contribution in [2.75, 3.05) is 10.7 Å². The van der Waals surface area contributed by atoms with E-state index in [1.54, 1.807) is 23.9 Å². The van der Waals surface area contributed by atoms with Gasteiger partial charge in [-0.3, -0.25) is 9.69 Å². The Balaban J connectivity index is 1.71. The van der Waals surface area contributed by atoms with Gasteiger partial charge in [0.25, 0.3) is 0 Å². The fraction of sp³-hybridized carbons (Fsp3) is 0.150. The van der Waals surface area contributed by atoms with E-state index in [1.165, 1.54) is 12.1 Å². The zero-order valence-corrected chi connectivity index (χ0v) is 14.5. The normalized spacial score (nSPS) is 17.3. The standard InChI is InChI=1S/C20H17FN2OS/c1-13-10-15(16-8-9-22-11-16)4-7-18(13)23-19(24)12-25-20(23)14-2-5-17(21)6-3-14/h2-11,20,22H,12H2,1H3. The van der Waals surface area contributed by atoms with Crippen molar-refractivity contribution in [2.24, 2.45) is 0 Å². The molecule has 126 valence electrons. The van der Waals surface area contributed by atoms with Crippen molar-refractivity contribution >= 4 is 23.4 Å². The van der Waals surface area contributed by atoms with Crippen LogP contribution in [0, 0.1) is 12.7 Å². The summed E-state index contributed by atoms with van der Waals surface area (Å²) in [6.07, 6.45) is 3.84. The van der Waals surface area contributed by atoms with Gasteiger partial charge in [0, 0.05) is 18.1 Å². The first kappa shape index (κ1) is 16.0. The predicted octanol–water partition coefficient (Wildman–Crippen LogP) is 4.91. The zero-order valence-electron chi connectivity index (χ0n) is 13.7. The lowest BCUT2D eigenvalue weighted by atomic mass is 10.0. The van der Waals surface area contributed by atoms with Crippen molar-refractivity contribution in [1.29, 1.82) is 0 Å². The maximum absolute atomic E-state index is 13.2. The highest BCUT2D eigenvalue weighted by atomic mass is 32.2. The van der Waals surface area contributed by atoms with Crippen molar-refractivity contribution in [2.45, 2.75) is 12.3 Å². The fourth-order valence-corrected chi connectivity index (χ4v) is 4.34. The van der Waals surface area contributed by atoms with Crippen LogP contribution in [0.3, 0.4) is 0 Å². The number of aromatic amines is 1. The number of benzene rings is 2. The van der Waals surface area contributed by atoms with Crippen LogP contribution in [0.2, 0.25) is 0 Å². The van der Waals surface area contributed by atoms with Crippen molar-refractivity contribution in [1.82, 2.24) is 4.98 Å². The number of nitrogens with zero attached hydrogens (tertiary/aromatic N) is 1. The highest BCUT2D eigenvalue weighted by Gasteiger charge is 2.34. The highest BCUT2D eigenvalue weighted by Crippen LogP contribution is 2.43. The lowest BCUT2D eigenvalue weighted by Gasteiger charge is -2.26. The zero-order chi connectivity index (χ0) is 17.4. The molecule has 4 rings (SSSR count). The van der Waals surface area contributed by atoms with Gasteiger partial charge in [0.2, 0.25) is 5.91 Å². The number of carbonyl (C=O) groups excluding carboxylic acids is 1. The van der Waals surface area contributed by atoms with Gasteiger partial charge in [-0.05, 0) is 59.5 Å². The van der Waals surface area contributed by atoms with E-state index >= 15 is 0 Å². The smallest absolute Gasteiger partial charge is 0.238 e. The molecule has 1 amide bonds. The average Bonchev–Trinajstić information content (AvgIpc) is 3.26. The van der Waals surface area contributed by atoms with Gasteiger partial charge < -0.3 is 4.98 Å². The van der Waals surface area contributed by atoms with Crippen molar-refractivity contribution in [3.05, 3.63) is 77.9 Å². The van der Waals surface area contributed by atoms with E-state index in [0.717, 1.165) is 27.9 Å². The SMILES string of the molecule is Cc1cc(-c2cc[nH]c2)ccc1N1C(=O)CSC1c1ccc(F)cc1. The molecule has 25 heavy (non-hydrogen) atoms. The molecule has 3 aromatic rings. The number of hydrogen-bond acceptors (Lipinski definition) is 2. The third-order valence-electron chi connectivity index (χ3n) is 4.41. The summed E-state index contributed by atoms with van der Waals surface area (Å²) in [7, 11) is 0. The second kappa shape index (κ2) is 6.41. The molecule has 1 aliphatic heterocycles. The molecule has 0 bridgehead atoms. The number of rotatable bonds is 3. The summed E-state index contributed by atoms with van der Waals surface area (Å²) < 4.78 is 13.2. The highest BCUT2D eigenvalue weighted by molar-refractivity contribution is 8.00. The van der Waals surface area contributed by atoms with Gasteiger partial charge in [0.05, 0.1) is 5.75 Å². The van der Waals surface area contributed by atoms with E-state index in [1.807, 2.05) is 42.4 Å². The van der Waals surface area contributed by atoms with E-state index in [0.29, 0.717) is 5.75 Å². The molecular weight excluding hydrogens is 335 g/mol. The summed E-state index contributed by atoms with van der Waals surface area (Å²) >= 11 is 1.57. The van der Waals surface area contributed by atoms with Gasteiger partial charge in [0.1, 0.15) is 11.2 Å². The Hall–Kier alpha value is -2.53. The topological polar surface area (TPSA) is 36.1 Å². The molecule has 1 unspecified atom stereocenters. The predicted molar refractivity (Wildman–Crippen MR) is 100 cm³/mol. The summed E-state index contributed by atoms with van der Waals surface area (Å²) in [4.78, 5) is 17.4. The van der Waals surface area contributed by atoms with Crippen molar-refractivity contribution in [3.8, 4) is 11.1 Å². The Morgan fingerprint density at radius 1 is 1.12 bits per heavy atom. The van der Waals surface area contributed by atoms with E-state index in [4.69, 9.17) is 0 Å². The van der Waals surface area contributed by atoms with E-state index < -0.39 is 0 Å². The molecular formula is C20H17FN2OS. The van der Waals surface area contributed by atoms with Crippen LogP contribution < -0.4 is 4.90 Å². The fourth-order valence-electron chi connectivity index (χ4n) is 3.17. The minimum atomic E-state index is -0.267. The minimum absolute atomic E-state index is 0.0804. The number of H-pyrrole nitrogens is 1. The molecule has 0 aliphatic carbocycles. The third-order valence-corrected chi connectivity index (χ3v) is 5.62. The first-order valence-electron chi connectivity index (χ1n) is 8.06. The van der Waals surface area contributed by atoms with E-state index in [2.05, 4.69) is 11.1 Å².